The number of methoxy groups -OCH3 is 2. The van der Waals surface area contributed by atoms with Crippen LogP contribution in [0.5, 0.6) is 11.5 Å². The average molecular weight is 390 g/mol. The maximum atomic E-state index is 12.3. The Balaban J connectivity index is 2.05. The molecule has 24 heavy (non-hydrogen) atoms. The van der Waals surface area contributed by atoms with Crippen LogP contribution in [0.1, 0.15) is 5.56 Å². The summed E-state index contributed by atoms with van der Waals surface area (Å²) in [7, 11) is -0.597. The van der Waals surface area contributed by atoms with Crippen LogP contribution in [-0.4, -0.2) is 29.2 Å². The Morgan fingerprint density at radius 1 is 1.00 bits per heavy atom. The SMILES string of the molecule is COc1ccc(CCNS(=O)(=O)c2ccc(Cl)cc2Cl)cc1OC. The minimum absolute atomic E-state index is 0.000813. The second-order valence-electron chi connectivity index (χ2n) is 4.91. The largest absolute Gasteiger partial charge is 0.493 e. The summed E-state index contributed by atoms with van der Waals surface area (Å²) < 4.78 is 37.5. The van der Waals surface area contributed by atoms with Gasteiger partial charge in [0.15, 0.2) is 11.5 Å². The van der Waals surface area contributed by atoms with E-state index in [1.807, 2.05) is 12.1 Å². The Hall–Kier alpha value is -1.47. The van der Waals surface area contributed by atoms with Gasteiger partial charge in [0.1, 0.15) is 4.90 Å². The standard InChI is InChI=1S/C16H17Cl2NO4S/c1-22-14-5-3-11(9-15(14)23-2)7-8-19-24(20,21)16-6-4-12(17)10-13(16)18/h3-6,9-10,19H,7-8H2,1-2H3. The molecule has 130 valence electrons. The first-order valence-electron chi connectivity index (χ1n) is 7.03. The van der Waals surface area contributed by atoms with E-state index in [1.165, 1.54) is 18.2 Å². The zero-order valence-corrected chi connectivity index (χ0v) is 15.5. The van der Waals surface area contributed by atoms with Crippen molar-refractivity contribution in [3.05, 3.63) is 52.0 Å². The van der Waals surface area contributed by atoms with Crippen molar-refractivity contribution in [3.63, 3.8) is 0 Å². The topological polar surface area (TPSA) is 64.6 Å². The fraction of sp³-hybridized carbons (Fsp3) is 0.250. The van der Waals surface area contributed by atoms with E-state index < -0.39 is 10.0 Å². The number of rotatable bonds is 7. The van der Waals surface area contributed by atoms with E-state index in [1.54, 1.807) is 20.3 Å². The Bertz CT molecular complexity index is 825. The van der Waals surface area contributed by atoms with E-state index in [9.17, 15) is 8.42 Å². The molecule has 5 nitrogen and oxygen atoms in total. The first kappa shape index (κ1) is 18.9. The van der Waals surface area contributed by atoms with Crippen molar-refractivity contribution in [1.82, 2.24) is 4.72 Å². The number of ether oxygens (including phenoxy) is 2. The van der Waals surface area contributed by atoms with Crippen molar-refractivity contribution in [2.45, 2.75) is 11.3 Å². The lowest BCUT2D eigenvalue weighted by molar-refractivity contribution is 0.354. The molecule has 2 rings (SSSR count). The molecule has 8 heteroatoms. The molecule has 0 amide bonds. The van der Waals surface area contributed by atoms with Gasteiger partial charge < -0.3 is 9.47 Å². The van der Waals surface area contributed by atoms with Crippen LogP contribution in [0.3, 0.4) is 0 Å². The van der Waals surface area contributed by atoms with Crippen molar-refractivity contribution >= 4 is 33.2 Å². The van der Waals surface area contributed by atoms with Gasteiger partial charge in [-0.3, -0.25) is 0 Å². The fourth-order valence-electron chi connectivity index (χ4n) is 2.14. The first-order chi connectivity index (χ1) is 11.4. The lowest BCUT2D eigenvalue weighted by atomic mass is 10.1. The van der Waals surface area contributed by atoms with Gasteiger partial charge in [-0.25, -0.2) is 13.1 Å². The predicted octanol–water partition coefficient (Wildman–Crippen LogP) is 3.53. The molecule has 0 unspecified atom stereocenters. The summed E-state index contributed by atoms with van der Waals surface area (Å²) in [4.78, 5) is 0.000813. The number of benzene rings is 2. The first-order valence-corrected chi connectivity index (χ1v) is 9.27. The normalized spacial score (nSPS) is 11.3. The van der Waals surface area contributed by atoms with Gasteiger partial charge in [0.05, 0.1) is 19.2 Å². The van der Waals surface area contributed by atoms with E-state index in [4.69, 9.17) is 32.7 Å². The number of sulfonamides is 1. The van der Waals surface area contributed by atoms with Crippen LogP contribution in [0, 0.1) is 0 Å². The van der Waals surface area contributed by atoms with E-state index in [2.05, 4.69) is 4.72 Å². The smallest absolute Gasteiger partial charge is 0.242 e. The predicted molar refractivity (Wildman–Crippen MR) is 94.9 cm³/mol. The molecule has 0 aliphatic carbocycles. The van der Waals surface area contributed by atoms with Gasteiger partial charge in [0, 0.05) is 11.6 Å². The monoisotopic (exact) mass is 389 g/mol. The van der Waals surface area contributed by atoms with Gasteiger partial charge in [-0.15, -0.1) is 0 Å². The van der Waals surface area contributed by atoms with E-state index in [0.29, 0.717) is 22.9 Å². The number of hydrogen-bond donors (Lipinski definition) is 1. The molecule has 0 saturated carbocycles. The van der Waals surface area contributed by atoms with Crippen LogP contribution >= 0.6 is 23.2 Å². The molecule has 0 aromatic heterocycles. The highest BCUT2D eigenvalue weighted by molar-refractivity contribution is 7.89. The van der Waals surface area contributed by atoms with Gasteiger partial charge in [-0.2, -0.15) is 0 Å². The molecule has 0 spiro atoms. The van der Waals surface area contributed by atoms with E-state index in [-0.39, 0.29) is 16.5 Å². The molecule has 2 aromatic rings. The van der Waals surface area contributed by atoms with Crippen molar-refractivity contribution in [2.24, 2.45) is 0 Å². The molecule has 0 fully saturated rings. The second-order valence-corrected chi connectivity index (χ2v) is 7.49. The van der Waals surface area contributed by atoms with Crippen molar-refractivity contribution in [1.29, 1.82) is 0 Å². The molecule has 0 aliphatic rings. The number of halogens is 2. The Labute approximate surface area is 151 Å². The van der Waals surface area contributed by atoms with Gasteiger partial charge >= 0.3 is 0 Å². The maximum absolute atomic E-state index is 12.3. The number of nitrogens with one attached hydrogen (secondary N) is 1. The highest BCUT2D eigenvalue weighted by atomic mass is 35.5. The summed E-state index contributed by atoms with van der Waals surface area (Å²) in [5.74, 6) is 1.22. The van der Waals surface area contributed by atoms with Crippen molar-refractivity contribution in [2.75, 3.05) is 20.8 Å². The van der Waals surface area contributed by atoms with Crippen molar-refractivity contribution in [3.8, 4) is 11.5 Å². The average Bonchev–Trinajstić information content (AvgIpc) is 2.54. The summed E-state index contributed by atoms with van der Waals surface area (Å²) >= 11 is 11.7. The van der Waals surface area contributed by atoms with Crippen LogP contribution in [0.15, 0.2) is 41.3 Å². The molecule has 2 aromatic carbocycles. The fourth-order valence-corrected chi connectivity index (χ4v) is 3.94. The molecule has 0 atom stereocenters. The molecule has 0 saturated heterocycles. The molecule has 0 aliphatic heterocycles. The Kier molecular flexibility index (Phi) is 6.34. The van der Waals surface area contributed by atoms with Crippen LogP contribution in [0.2, 0.25) is 10.0 Å². The van der Waals surface area contributed by atoms with Gasteiger partial charge in [0.25, 0.3) is 0 Å². The zero-order chi connectivity index (χ0) is 17.7. The molecular weight excluding hydrogens is 373 g/mol. The third-order valence-corrected chi connectivity index (χ3v) is 5.52. The highest BCUT2D eigenvalue weighted by Gasteiger charge is 2.17. The van der Waals surface area contributed by atoms with Crippen LogP contribution in [0.25, 0.3) is 0 Å². The van der Waals surface area contributed by atoms with Crippen LogP contribution in [0.4, 0.5) is 0 Å². The van der Waals surface area contributed by atoms with E-state index >= 15 is 0 Å². The molecular formula is C16H17Cl2NO4S. The molecule has 0 heterocycles. The van der Waals surface area contributed by atoms with Gasteiger partial charge in [0.2, 0.25) is 10.0 Å². The summed E-state index contributed by atoms with van der Waals surface area (Å²) in [6.07, 6.45) is 0.491. The molecule has 0 radical (unpaired) electrons. The third-order valence-electron chi connectivity index (χ3n) is 3.34. The second kappa shape index (κ2) is 8.07. The lowest BCUT2D eigenvalue weighted by Crippen LogP contribution is -2.26. The van der Waals surface area contributed by atoms with Gasteiger partial charge in [-0.1, -0.05) is 29.3 Å². The highest BCUT2D eigenvalue weighted by Crippen LogP contribution is 2.28. The summed E-state index contributed by atoms with van der Waals surface area (Å²) in [5.41, 5.74) is 0.914. The van der Waals surface area contributed by atoms with Gasteiger partial charge in [-0.05, 0) is 42.3 Å². The third kappa shape index (κ3) is 4.54. The number of hydrogen-bond acceptors (Lipinski definition) is 4. The maximum Gasteiger partial charge on any atom is 0.242 e. The quantitative estimate of drug-likeness (QED) is 0.786. The minimum Gasteiger partial charge on any atom is -0.493 e. The van der Waals surface area contributed by atoms with E-state index in [0.717, 1.165) is 5.56 Å². The van der Waals surface area contributed by atoms with Crippen LogP contribution in [-0.2, 0) is 16.4 Å². The summed E-state index contributed by atoms with van der Waals surface area (Å²) in [6, 6.07) is 9.69. The van der Waals surface area contributed by atoms with Crippen LogP contribution < -0.4 is 14.2 Å². The van der Waals surface area contributed by atoms with Crippen molar-refractivity contribution < 1.29 is 17.9 Å². The molecule has 1 N–H and O–H groups in total. The lowest BCUT2D eigenvalue weighted by Gasteiger charge is -2.11. The summed E-state index contributed by atoms with van der Waals surface area (Å²) in [6.45, 7) is 0.219. The Morgan fingerprint density at radius 2 is 1.71 bits per heavy atom. The summed E-state index contributed by atoms with van der Waals surface area (Å²) in [5, 5.41) is 0.463. The minimum atomic E-state index is -3.70. The Morgan fingerprint density at radius 3 is 2.33 bits per heavy atom. The molecule has 0 bridgehead atoms. The zero-order valence-electron chi connectivity index (χ0n) is 13.2.